The van der Waals surface area contributed by atoms with Crippen molar-refractivity contribution in [2.24, 2.45) is 0 Å². The highest BCUT2D eigenvalue weighted by atomic mass is 15.1. The molecule has 0 heterocycles. The summed E-state index contributed by atoms with van der Waals surface area (Å²) < 4.78 is 0. The molecule has 0 unspecified atom stereocenters. The summed E-state index contributed by atoms with van der Waals surface area (Å²) in [6, 6.07) is 69.2. The molecule has 0 fully saturated rings. The van der Waals surface area contributed by atoms with Gasteiger partial charge in [-0.15, -0.1) is 0 Å². The van der Waals surface area contributed by atoms with E-state index in [4.69, 9.17) is 0 Å². The summed E-state index contributed by atoms with van der Waals surface area (Å²) in [6.07, 6.45) is 0. The zero-order chi connectivity index (χ0) is 34.8. The van der Waals surface area contributed by atoms with Gasteiger partial charge in [-0.25, -0.2) is 0 Å². The van der Waals surface area contributed by atoms with Crippen LogP contribution in [0.15, 0.2) is 188 Å². The largest absolute Gasteiger partial charge is 0.310 e. The Morgan fingerprint density at radius 1 is 0.346 bits per heavy atom. The summed E-state index contributed by atoms with van der Waals surface area (Å²) in [5.41, 5.74) is 13.6. The van der Waals surface area contributed by atoms with Crippen LogP contribution in [0, 0.1) is 0 Å². The fourth-order valence-electron chi connectivity index (χ4n) is 8.60. The Morgan fingerprint density at radius 2 is 0.942 bits per heavy atom. The third-order valence-electron chi connectivity index (χ3n) is 11.2. The van der Waals surface area contributed by atoms with Gasteiger partial charge in [0.25, 0.3) is 0 Å². The van der Waals surface area contributed by atoms with Crippen LogP contribution in [0.3, 0.4) is 0 Å². The van der Waals surface area contributed by atoms with E-state index in [1.807, 2.05) is 0 Å². The maximum Gasteiger partial charge on any atom is 0.0540 e. The lowest BCUT2D eigenvalue weighted by atomic mass is 9.81. The first-order valence-electron chi connectivity index (χ1n) is 18.2. The van der Waals surface area contributed by atoms with E-state index in [0.29, 0.717) is 0 Å². The lowest BCUT2D eigenvalue weighted by Gasteiger charge is -2.30. The Bertz CT molecular complexity index is 2830. The van der Waals surface area contributed by atoms with Gasteiger partial charge in [-0.1, -0.05) is 159 Å². The molecule has 1 nitrogen and oxygen atoms in total. The quantitative estimate of drug-likeness (QED) is 0.166. The van der Waals surface area contributed by atoms with Gasteiger partial charge in [0.15, 0.2) is 0 Å². The number of hydrogen-bond acceptors (Lipinski definition) is 1. The van der Waals surface area contributed by atoms with E-state index in [0.717, 1.165) is 17.1 Å². The summed E-state index contributed by atoms with van der Waals surface area (Å²) >= 11 is 0. The van der Waals surface area contributed by atoms with Crippen molar-refractivity contribution in [3.05, 3.63) is 199 Å². The summed E-state index contributed by atoms with van der Waals surface area (Å²) in [5, 5.41) is 7.63. The van der Waals surface area contributed by atoms with Crippen LogP contribution in [0.5, 0.6) is 0 Å². The Kier molecular flexibility index (Phi) is 6.91. The van der Waals surface area contributed by atoms with Crippen LogP contribution < -0.4 is 4.90 Å². The van der Waals surface area contributed by atoms with Gasteiger partial charge in [-0.05, 0) is 114 Å². The first-order chi connectivity index (χ1) is 25.5. The molecule has 10 rings (SSSR count). The molecule has 0 radical (unpaired) electrons. The maximum absolute atomic E-state index is 2.46. The van der Waals surface area contributed by atoms with Crippen LogP contribution in [0.2, 0.25) is 0 Å². The second-order valence-corrected chi connectivity index (χ2v) is 14.6. The number of fused-ring (bicyclic) bond motifs is 7. The molecule has 246 valence electrons. The van der Waals surface area contributed by atoms with E-state index >= 15 is 0 Å². The van der Waals surface area contributed by atoms with Gasteiger partial charge < -0.3 is 4.90 Å². The first-order valence-corrected chi connectivity index (χ1v) is 18.2. The van der Waals surface area contributed by atoms with Crippen molar-refractivity contribution in [2.45, 2.75) is 19.3 Å². The zero-order valence-corrected chi connectivity index (χ0v) is 29.3. The molecule has 0 aromatic heterocycles. The third kappa shape index (κ3) is 4.77. The molecular formula is C51H37N. The molecule has 1 aliphatic rings. The van der Waals surface area contributed by atoms with E-state index in [-0.39, 0.29) is 5.41 Å². The molecule has 9 aromatic rings. The lowest BCUT2D eigenvalue weighted by Crippen LogP contribution is -2.17. The van der Waals surface area contributed by atoms with Gasteiger partial charge in [0.2, 0.25) is 0 Å². The molecular weight excluding hydrogens is 627 g/mol. The molecule has 1 aliphatic carbocycles. The van der Waals surface area contributed by atoms with E-state index in [2.05, 4.69) is 207 Å². The van der Waals surface area contributed by atoms with Crippen molar-refractivity contribution >= 4 is 49.4 Å². The van der Waals surface area contributed by atoms with Crippen LogP contribution in [-0.4, -0.2) is 0 Å². The smallest absolute Gasteiger partial charge is 0.0540 e. The van der Waals surface area contributed by atoms with Crippen molar-refractivity contribution in [3.8, 4) is 33.4 Å². The second-order valence-electron chi connectivity index (χ2n) is 14.6. The Hall–Kier alpha value is -6.44. The Labute approximate surface area is 305 Å². The molecule has 0 N–H and O–H groups in total. The average molecular weight is 664 g/mol. The van der Waals surface area contributed by atoms with E-state index in [1.165, 1.54) is 76.8 Å². The normalized spacial score (nSPS) is 13.0. The first kappa shape index (κ1) is 30.4. The van der Waals surface area contributed by atoms with Crippen molar-refractivity contribution in [1.29, 1.82) is 0 Å². The number of anilines is 3. The molecule has 0 spiro atoms. The van der Waals surface area contributed by atoms with Gasteiger partial charge in [0.1, 0.15) is 0 Å². The fourth-order valence-corrected chi connectivity index (χ4v) is 8.60. The highest BCUT2D eigenvalue weighted by Gasteiger charge is 2.36. The molecule has 0 bridgehead atoms. The highest BCUT2D eigenvalue weighted by molar-refractivity contribution is 6.14. The monoisotopic (exact) mass is 663 g/mol. The van der Waals surface area contributed by atoms with E-state index in [9.17, 15) is 0 Å². The number of benzene rings is 9. The summed E-state index contributed by atoms with van der Waals surface area (Å²) in [5.74, 6) is 0. The standard InChI is InChI=1S/C51H37N/c1-51(2)48-32-38(47-31-37-18-8-9-19-41(37)43-21-10-11-22-44(43)47)25-28-45(48)46-29-27-40(33-49(46)51)52(39-26-24-34-14-6-7-17-36(34)30-39)50-23-13-12-20-42(50)35-15-4-3-5-16-35/h3-33H,1-2H3. The SMILES string of the molecule is CC1(C)c2cc(-c3cc4ccccc4c4ccccc34)ccc2-c2ccc(N(c3ccc4ccccc4c3)c3ccccc3-c3ccccc3)cc21. The topological polar surface area (TPSA) is 3.24 Å². The summed E-state index contributed by atoms with van der Waals surface area (Å²) in [4.78, 5) is 2.45. The van der Waals surface area contributed by atoms with Crippen LogP contribution in [0.4, 0.5) is 17.1 Å². The minimum absolute atomic E-state index is 0.197. The summed E-state index contributed by atoms with van der Waals surface area (Å²) in [7, 11) is 0. The molecule has 0 saturated carbocycles. The molecule has 0 atom stereocenters. The number of hydrogen-bond donors (Lipinski definition) is 0. The van der Waals surface area contributed by atoms with E-state index in [1.54, 1.807) is 0 Å². The van der Waals surface area contributed by atoms with Crippen molar-refractivity contribution < 1.29 is 0 Å². The van der Waals surface area contributed by atoms with Gasteiger partial charge in [-0.3, -0.25) is 0 Å². The Morgan fingerprint density at radius 3 is 1.77 bits per heavy atom. The minimum atomic E-state index is -0.197. The molecule has 0 aliphatic heterocycles. The maximum atomic E-state index is 2.46. The lowest BCUT2D eigenvalue weighted by molar-refractivity contribution is 0.660. The number of nitrogens with zero attached hydrogens (tertiary/aromatic N) is 1. The number of rotatable bonds is 5. The van der Waals surface area contributed by atoms with E-state index < -0.39 is 0 Å². The fraction of sp³-hybridized carbons (Fsp3) is 0.0588. The molecule has 0 saturated heterocycles. The van der Waals surface area contributed by atoms with Crippen molar-refractivity contribution in [3.63, 3.8) is 0 Å². The van der Waals surface area contributed by atoms with Gasteiger partial charge in [0, 0.05) is 22.4 Å². The Balaban J connectivity index is 1.13. The molecule has 52 heavy (non-hydrogen) atoms. The van der Waals surface area contributed by atoms with Gasteiger partial charge in [0.05, 0.1) is 5.69 Å². The highest BCUT2D eigenvalue weighted by Crippen LogP contribution is 2.52. The summed E-state index contributed by atoms with van der Waals surface area (Å²) in [6.45, 7) is 4.78. The molecule has 0 amide bonds. The third-order valence-corrected chi connectivity index (χ3v) is 11.2. The van der Waals surface area contributed by atoms with Crippen molar-refractivity contribution in [2.75, 3.05) is 4.90 Å². The van der Waals surface area contributed by atoms with Crippen LogP contribution in [-0.2, 0) is 5.41 Å². The molecule has 9 aromatic carbocycles. The van der Waals surface area contributed by atoms with Gasteiger partial charge in [-0.2, -0.15) is 0 Å². The minimum Gasteiger partial charge on any atom is -0.310 e. The van der Waals surface area contributed by atoms with Crippen LogP contribution >= 0.6 is 0 Å². The van der Waals surface area contributed by atoms with Crippen LogP contribution in [0.1, 0.15) is 25.0 Å². The predicted molar refractivity (Wildman–Crippen MR) is 222 cm³/mol. The predicted octanol–water partition coefficient (Wildman–Crippen LogP) is 14.3. The zero-order valence-electron chi connectivity index (χ0n) is 29.3. The van der Waals surface area contributed by atoms with Crippen LogP contribution in [0.25, 0.3) is 65.7 Å². The van der Waals surface area contributed by atoms with Gasteiger partial charge >= 0.3 is 0 Å². The second kappa shape index (κ2) is 11.8. The average Bonchev–Trinajstić information content (AvgIpc) is 3.43. The molecule has 1 heteroatoms. The number of para-hydroxylation sites is 1. The van der Waals surface area contributed by atoms with Crippen molar-refractivity contribution in [1.82, 2.24) is 0 Å².